The summed E-state index contributed by atoms with van der Waals surface area (Å²) in [5.74, 6) is 0.195. The Kier molecular flexibility index (Phi) is 5.78. The van der Waals surface area contributed by atoms with Crippen LogP contribution in [0.5, 0.6) is 5.75 Å². The largest absolute Gasteiger partial charge is 0.415 e. The third-order valence-electron chi connectivity index (χ3n) is 4.61. The first-order chi connectivity index (χ1) is 14.1. The average molecular weight is 428 g/mol. The predicted octanol–water partition coefficient (Wildman–Crippen LogP) is 5.07. The van der Waals surface area contributed by atoms with Crippen LogP contribution in [0.2, 0.25) is 5.02 Å². The number of amides is 2. The number of aromatic nitrogens is 1. The van der Waals surface area contributed by atoms with Crippen molar-refractivity contribution >= 4 is 40.1 Å². The molecule has 1 aliphatic rings. The highest BCUT2D eigenvalue weighted by atomic mass is 35.5. The number of nitrogens with one attached hydrogen (secondary N) is 1. The van der Waals surface area contributed by atoms with Gasteiger partial charge in [0.15, 0.2) is 5.13 Å². The highest BCUT2D eigenvalue weighted by molar-refractivity contribution is 7.14. The molecule has 0 saturated carbocycles. The number of para-hydroxylation sites is 1. The monoisotopic (exact) mass is 427 g/mol. The summed E-state index contributed by atoms with van der Waals surface area (Å²) >= 11 is 7.26. The molecule has 148 valence electrons. The van der Waals surface area contributed by atoms with E-state index in [1.165, 1.54) is 16.2 Å². The fraction of sp³-hybridized carbons (Fsp3) is 0.190. The molecule has 0 bridgehead atoms. The molecule has 1 atom stereocenters. The van der Waals surface area contributed by atoms with Gasteiger partial charge in [-0.05, 0) is 37.1 Å². The fourth-order valence-corrected chi connectivity index (χ4v) is 4.03. The van der Waals surface area contributed by atoms with E-state index in [4.69, 9.17) is 16.3 Å². The zero-order valence-electron chi connectivity index (χ0n) is 15.4. The van der Waals surface area contributed by atoms with E-state index in [9.17, 15) is 9.59 Å². The van der Waals surface area contributed by atoms with Gasteiger partial charge in [0.25, 0.3) is 0 Å². The normalized spacial score (nSPS) is 15.9. The molecular weight excluding hydrogens is 410 g/mol. The number of ether oxygens (including phenoxy) is 1. The van der Waals surface area contributed by atoms with Crippen molar-refractivity contribution in [2.45, 2.75) is 18.9 Å². The Morgan fingerprint density at radius 3 is 2.66 bits per heavy atom. The predicted molar refractivity (Wildman–Crippen MR) is 113 cm³/mol. The minimum absolute atomic E-state index is 0.260. The molecule has 0 aliphatic carbocycles. The smallest absolute Gasteiger partial charge is 0.410 e. The summed E-state index contributed by atoms with van der Waals surface area (Å²) in [6.45, 7) is 0.484. The molecule has 2 amide bonds. The molecule has 1 aromatic heterocycles. The number of likely N-dealkylation sites (tertiary alicyclic amines) is 1. The van der Waals surface area contributed by atoms with E-state index in [1.54, 1.807) is 36.4 Å². The van der Waals surface area contributed by atoms with E-state index >= 15 is 0 Å². The summed E-state index contributed by atoms with van der Waals surface area (Å²) in [6, 6.07) is 15.6. The molecule has 0 spiro atoms. The second-order valence-corrected chi connectivity index (χ2v) is 7.86. The third kappa shape index (κ3) is 4.58. The molecular formula is C21H18ClN3O3S. The van der Waals surface area contributed by atoms with Crippen molar-refractivity contribution in [2.24, 2.45) is 0 Å². The van der Waals surface area contributed by atoms with Crippen LogP contribution in [0.4, 0.5) is 9.93 Å². The van der Waals surface area contributed by atoms with E-state index in [0.717, 1.165) is 17.7 Å². The lowest BCUT2D eigenvalue weighted by atomic mass is 10.2. The molecule has 29 heavy (non-hydrogen) atoms. The highest BCUT2D eigenvalue weighted by Crippen LogP contribution is 2.27. The summed E-state index contributed by atoms with van der Waals surface area (Å²) in [5, 5.41) is 5.84. The second kappa shape index (κ2) is 8.63. The number of carbonyl (C=O) groups excluding carboxylic acids is 2. The molecule has 1 fully saturated rings. The Morgan fingerprint density at radius 1 is 1.14 bits per heavy atom. The molecule has 1 aliphatic heterocycles. The summed E-state index contributed by atoms with van der Waals surface area (Å²) < 4.78 is 5.38. The summed E-state index contributed by atoms with van der Waals surface area (Å²) in [5.41, 5.74) is 1.67. The maximum absolute atomic E-state index is 12.8. The van der Waals surface area contributed by atoms with Crippen molar-refractivity contribution in [3.05, 3.63) is 65.0 Å². The molecule has 2 heterocycles. The van der Waals surface area contributed by atoms with Crippen LogP contribution in [0, 0.1) is 0 Å². The zero-order valence-corrected chi connectivity index (χ0v) is 16.9. The van der Waals surface area contributed by atoms with Gasteiger partial charge in [-0.15, -0.1) is 11.3 Å². The van der Waals surface area contributed by atoms with Gasteiger partial charge in [0.2, 0.25) is 5.91 Å². The van der Waals surface area contributed by atoms with Gasteiger partial charge in [0.1, 0.15) is 11.8 Å². The summed E-state index contributed by atoms with van der Waals surface area (Å²) in [6.07, 6.45) is 0.816. The number of carbonyl (C=O) groups is 2. The van der Waals surface area contributed by atoms with Crippen LogP contribution in [-0.4, -0.2) is 34.5 Å². The minimum atomic E-state index is -0.575. The minimum Gasteiger partial charge on any atom is -0.410 e. The Hall–Kier alpha value is -2.90. The zero-order chi connectivity index (χ0) is 20.2. The van der Waals surface area contributed by atoms with Crippen molar-refractivity contribution in [3.8, 4) is 17.0 Å². The van der Waals surface area contributed by atoms with Gasteiger partial charge in [-0.1, -0.05) is 41.9 Å². The maximum atomic E-state index is 12.8. The van der Waals surface area contributed by atoms with Crippen molar-refractivity contribution in [2.75, 3.05) is 11.9 Å². The second-order valence-electron chi connectivity index (χ2n) is 6.57. The van der Waals surface area contributed by atoms with Crippen LogP contribution in [0.3, 0.4) is 0 Å². The van der Waals surface area contributed by atoms with Crippen LogP contribution in [0.1, 0.15) is 12.8 Å². The van der Waals surface area contributed by atoms with Gasteiger partial charge >= 0.3 is 6.09 Å². The number of benzene rings is 2. The Bertz CT molecular complexity index is 1010. The number of hydrogen-bond acceptors (Lipinski definition) is 5. The Morgan fingerprint density at radius 2 is 1.90 bits per heavy atom. The van der Waals surface area contributed by atoms with Gasteiger partial charge in [-0.2, -0.15) is 0 Å². The van der Waals surface area contributed by atoms with Crippen molar-refractivity contribution in [3.63, 3.8) is 0 Å². The SMILES string of the molecule is O=C(Nc1nc(-c2ccc(Cl)cc2)cs1)[C@H]1CCCN1C(=O)Oc1ccccc1. The van der Waals surface area contributed by atoms with Gasteiger partial charge < -0.3 is 10.1 Å². The lowest BCUT2D eigenvalue weighted by Gasteiger charge is -2.22. The van der Waals surface area contributed by atoms with Gasteiger partial charge in [0.05, 0.1) is 5.69 Å². The van der Waals surface area contributed by atoms with Gasteiger partial charge in [0, 0.05) is 22.5 Å². The molecule has 4 rings (SSSR count). The summed E-state index contributed by atoms with van der Waals surface area (Å²) in [7, 11) is 0. The van der Waals surface area contributed by atoms with E-state index in [2.05, 4.69) is 10.3 Å². The molecule has 0 unspecified atom stereocenters. The quantitative estimate of drug-likeness (QED) is 0.631. The Labute approximate surface area is 177 Å². The number of halogens is 1. The molecule has 2 aromatic carbocycles. The van der Waals surface area contributed by atoms with Crippen LogP contribution in [-0.2, 0) is 4.79 Å². The van der Waals surface area contributed by atoms with E-state index < -0.39 is 12.1 Å². The number of nitrogens with zero attached hydrogens (tertiary/aromatic N) is 2. The molecule has 8 heteroatoms. The first kappa shape index (κ1) is 19.4. The topological polar surface area (TPSA) is 71.5 Å². The van der Waals surface area contributed by atoms with Crippen LogP contribution in [0.25, 0.3) is 11.3 Å². The average Bonchev–Trinajstić information content (AvgIpc) is 3.39. The van der Waals surface area contributed by atoms with E-state index in [0.29, 0.717) is 28.9 Å². The van der Waals surface area contributed by atoms with E-state index in [1.807, 2.05) is 23.6 Å². The molecule has 6 nitrogen and oxygen atoms in total. The molecule has 3 aromatic rings. The lowest BCUT2D eigenvalue weighted by molar-refractivity contribution is -0.119. The molecule has 0 radical (unpaired) electrons. The lowest BCUT2D eigenvalue weighted by Crippen LogP contribution is -2.44. The number of thiazole rings is 1. The number of hydrogen-bond donors (Lipinski definition) is 1. The molecule has 1 saturated heterocycles. The van der Waals surface area contributed by atoms with E-state index in [-0.39, 0.29) is 5.91 Å². The van der Waals surface area contributed by atoms with Gasteiger partial charge in [-0.3, -0.25) is 9.69 Å². The first-order valence-corrected chi connectivity index (χ1v) is 10.4. The number of rotatable bonds is 4. The first-order valence-electron chi connectivity index (χ1n) is 9.16. The maximum Gasteiger partial charge on any atom is 0.415 e. The van der Waals surface area contributed by atoms with Crippen LogP contribution in [0.15, 0.2) is 60.0 Å². The van der Waals surface area contributed by atoms with Crippen molar-refractivity contribution in [1.29, 1.82) is 0 Å². The van der Waals surface area contributed by atoms with Crippen LogP contribution < -0.4 is 10.1 Å². The number of anilines is 1. The van der Waals surface area contributed by atoms with Gasteiger partial charge in [-0.25, -0.2) is 9.78 Å². The fourth-order valence-electron chi connectivity index (χ4n) is 3.18. The third-order valence-corrected chi connectivity index (χ3v) is 5.62. The van der Waals surface area contributed by atoms with Crippen molar-refractivity contribution in [1.82, 2.24) is 9.88 Å². The van der Waals surface area contributed by atoms with Crippen LogP contribution >= 0.6 is 22.9 Å². The Balaban J connectivity index is 1.41. The standard InChI is InChI=1S/C21H18ClN3O3S/c22-15-10-8-14(9-11-15)17-13-29-20(23-17)24-19(26)18-7-4-12-25(18)21(27)28-16-5-2-1-3-6-16/h1-3,5-6,8-11,13,18H,4,7,12H2,(H,23,24,26)/t18-/m1/s1. The molecule has 1 N–H and O–H groups in total. The summed E-state index contributed by atoms with van der Waals surface area (Å²) in [4.78, 5) is 31.2. The van der Waals surface area contributed by atoms with Crippen molar-refractivity contribution < 1.29 is 14.3 Å². The highest BCUT2D eigenvalue weighted by Gasteiger charge is 2.35.